The van der Waals surface area contributed by atoms with Crippen molar-refractivity contribution in [2.24, 2.45) is 0 Å². The number of hydrogen-bond donors (Lipinski definition) is 1. The van der Waals surface area contributed by atoms with Gasteiger partial charge in [-0.25, -0.2) is 0 Å². The van der Waals surface area contributed by atoms with Crippen molar-refractivity contribution >= 4 is 17.5 Å². The van der Waals surface area contributed by atoms with Gasteiger partial charge in [0, 0.05) is 19.8 Å². The summed E-state index contributed by atoms with van der Waals surface area (Å²) in [5, 5.41) is 2.53. The van der Waals surface area contributed by atoms with Gasteiger partial charge < -0.3 is 10.2 Å². The maximum absolute atomic E-state index is 12.1. The summed E-state index contributed by atoms with van der Waals surface area (Å²) in [6, 6.07) is 11.4. The third-order valence-electron chi connectivity index (χ3n) is 3.31. The minimum atomic E-state index is -0.666. The van der Waals surface area contributed by atoms with Crippen LogP contribution in [0.25, 0.3) is 0 Å². The summed E-state index contributed by atoms with van der Waals surface area (Å²) in [5.74, 6) is -1.25. The smallest absolute Gasteiger partial charge is 0.313 e. The standard InChI is InChI=1S/C17H19N3O2/c1-3-13-6-8-14(9-7-13)12-20(2)17(22)16(21)19-15-5-4-10-18-11-15/h4-11H,3,12H2,1-2H3,(H,19,21). The first-order chi connectivity index (χ1) is 10.6. The minimum absolute atomic E-state index is 0.392. The highest BCUT2D eigenvalue weighted by atomic mass is 16.2. The maximum atomic E-state index is 12.1. The number of anilines is 1. The van der Waals surface area contributed by atoms with Crippen molar-refractivity contribution in [3.63, 3.8) is 0 Å². The lowest BCUT2D eigenvalue weighted by molar-refractivity contribution is -0.142. The van der Waals surface area contributed by atoms with Gasteiger partial charge in [0.2, 0.25) is 0 Å². The molecule has 0 spiro atoms. The Morgan fingerprint density at radius 3 is 2.41 bits per heavy atom. The molecular formula is C17H19N3O2. The molecule has 0 aliphatic rings. The molecule has 2 rings (SSSR count). The largest absolute Gasteiger partial charge is 0.333 e. The molecule has 5 nitrogen and oxygen atoms in total. The van der Waals surface area contributed by atoms with Crippen molar-refractivity contribution in [2.75, 3.05) is 12.4 Å². The molecule has 0 atom stereocenters. The van der Waals surface area contributed by atoms with Crippen LogP contribution >= 0.6 is 0 Å². The van der Waals surface area contributed by atoms with Crippen LogP contribution < -0.4 is 5.32 Å². The average molecular weight is 297 g/mol. The van der Waals surface area contributed by atoms with E-state index in [0.29, 0.717) is 12.2 Å². The molecule has 0 saturated heterocycles. The molecule has 0 aliphatic carbocycles. The monoisotopic (exact) mass is 297 g/mol. The zero-order valence-electron chi connectivity index (χ0n) is 12.7. The van der Waals surface area contributed by atoms with Crippen molar-refractivity contribution in [1.82, 2.24) is 9.88 Å². The van der Waals surface area contributed by atoms with Crippen LogP contribution in [-0.2, 0) is 22.6 Å². The van der Waals surface area contributed by atoms with E-state index in [1.54, 1.807) is 25.4 Å². The number of nitrogens with zero attached hydrogens (tertiary/aromatic N) is 2. The molecule has 0 aliphatic heterocycles. The van der Waals surface area contributed by atoms with Gasteiger partial charge in [0.05, 0.1) is 11.9 Å². The lowest BCUT2D eigenvalue weighted by Crippen LogP contribution is -2.36. The maximum Gasteiger partial charge on any atom is 0.313 e. The van der Waals surface area contributed by atoms with Crippen LogP contribution in [0.4, 0.5) is 5.69 Å². The molecule has 22 heavy (non-hydrogen) atoms. The van der Waals surface area contributed by atoms with Crippen molar-refractivity contribution in [3.05, 3.63) is 59.9 Å². The average Bonchev–Trinajstić information content (AvgIpc) is 2.55. The summed E-state index contributed by atoms with van der Waals surface area (Å²) in [7, 11) is 1.61. The first-order valence-corrected chi connectivity index (χ1v) is 7.14. The second-order valence-electron chi connectivity index (χ2n) is 5.03. The molecule has 0 radical (unpaired) electrons. The summed E-state index contributed by atoms with van der Waals surface area (Å²) in [5.41, 5.74) is 2.73. The molecule has 0 bridgehead atoms. The highest BCUT2D eigenvalue weighted by Gasteiger charge is 2.18. The second kappa shape index (κ2) is 7.36. The number of aryl methyl sites for hydroxylation is 1. The molecule has 1 heterocycles. The number of likely N-dealkylation sites (N-methyl/N-ethyl adjacent to an activating group) is 1. The van der Waals surface area contributed by atoms with Crippen LogP contribution in [0.2, 0.25) is 0 Å². The van der Waals surface area contributed by atoms with Crippen LogP contribution in [0, 0.1) is 0 Å². The molecule has 0 saturated carbocycles. The van der Waals surface area contributed by atoms with Crippen molar-refractivity contribution in [1.29, 1.82) is 0 Å². The van der Waals surface area contributed by atoms with Crippen molar-refractivity contribution < 1.29 is 9.59 Å². The topological polar surface area (TPSA) is 62.3 Å². The molecule has 114 valence electrons. The summed E-state index contributed by atoms with van der Waals surface area (Å²) in [6.07, 6.45) is 4.07. The molecule has 1 aromatic heterocycles. The third kappa shape index (κ3) is 4.15. The fourth-order valence-electron chi connectivity index (χ4n) is 2.02. The van der Waals surface area contributed by atoms with Crippen molar-refractivity contribution in [2.45, 2.75) is 19.9 Å². The molecular weight excluding hydrogens is 278 g/mol. The first-order valence-electron chi connectivity index (χ1n) is 7.14. The number of pyridine rings is 1. The third-order valence-corrected chi connectivity index (χ3v) is 3.31. The van der Waals surface area contributed by atoms with Crippen LogP contribution in [-0.4, -0.2) is 28.7 Å². The highest BCUT2D eigenvalue weighted by molar-refractivity contribution is 6.39. The number of rotatable bonds is 4. The van der Waals surface area contributed by atoms with E-state index >= 15 is 0 Å². The number of carbonyl (C=O) groups excluding carboxylic acids is 2. The molecule has 5 heteroatoms. The van der Waals surface area contributed by atoms with Gasteiger partial charge in [-0.2, -0.15) is 0 Å². The Labute approximate surface area is 130 Å². The molecule has 0 unspecified atom stereocenters. The number of hydrogen-bond acceptors (Lipinski definition) is 3. The Morgan fingerprint density at radius 1 is 1.14 bits per heavy atom. The molecule has 2 amide bonds. The fourth-order valence-corrected chi connectivity index (χ4v) is 2.02. The Hall–Kier alpha value is -2.69. The van der Waals surface area contributed by atoms with Crippen LogP contribution in [0.1, 0.15) is 18.1 Å². The van der Waals surface area contributed by atoms with E-state index in [4.69, 9.17) is 0 Å². The molecule has 1 aromatic carbocycles. The predicted octanol–water partition coefficient (Wildman–Crippen LogP) is 2.24. The van der Waals surface area contributed by atoms with E-state index in [2.05, 4.69) is 17.2 Å². The summed E-state index contributed by atoms with van der Waals surface area (Å²) in [4.78, 5) is 29.3. The highest BCUT2D eigenvalue weighted by Crippen LogP contribution is 2.08. The quantitative estimate of drug-likeness (QED) is 0.880. The zero-order chi connectivity index (χ0) is 15.9. The molecule has 2 aromatic rings. The first kappa shape index (κ1) is 15.7. The van der Waals surface area contributed by atoms with E-state index in [-0.39, 0.29) is 0 Å². The Kier molecular flexibility index (Phi) is 5.25. The number of nitrogens with one attached hydrogen (secondary N) is 1. The van der Waals surface area contributed by atoms with E-state index in [1.165, 1.54) is 16.7 Å². The number of carbonyl (C=O) groups is 2. The van der Waals surface area contributed by atoms with Gasteiger partial charge >= 0.3 is 11.8 Å². The number of amides is 2. The lowest BCUT2D eigenvalue weighted by Gasteiger charge is -2.17. The van der Waals surface area contributed by atoms with Crippen LogP contribution in [0.5, 0.6) is 0 Å². The van der Waals surface area contributed by atoms with Crippen LogP contribution in [0.3, 0.4) is 0 Å². The minimum Gasteiger partial charge on any atom is -0.333 e. The lowest BCUT2D eigenvalue weighted by atomic mass is 10.1. The number of aromatic nitrogens is 1. The molecule has 1 N–H and O–H groups in total. The van der Waals surface area contributed by atoms with E-state index in [0.717, 1.165) is 12.0 Å². The predicted molar refractivity (Wildman–Crippen MR) is 85.2 cm³/mol. The van der Waals surface area contributed by atoms with Gasteiger partial charge in [-0.05, 0) is 29.7 Å². The fraction of sp³-hybridized carbons (Fsp3) is 0.235. The Balaban J connectivity index is 1.94. The van der Waals surface area contributed by atoms with Gasteiger partial charge in [-0.15, -0.1) is 0 Å². The SMILES string of the molecule is CCc1ccc(CN(C)C(=O)C(=O)Nc2cccnc2)cc1. The van der Waals surface area contributed by atoms with Gasteiger partial charge in [-0.3, -0.25) is 14.6 Å². The van der Waals surface area contributed by atoms with E-state index in [9.17, 15) is 9.59 Å². The normalized spacial score (nSPS) is 10.1. The zero-order valence-corrected chi connectivity index (χ0v) is 12.7. The van der Waals surface area contributed by atoms with Crippen LogP contribution in [0.15, 0.2) is 48.8 Å². The Morgan fingerprint density at radius 2 is 1.82 bits per heavy atom. The van der Waals surface area contributed by atoms with Crippen molar-refractivity contribution in [3.8, 4) is 0 Å². The van der Waals surface area contributed by atoms with Gasteiger partial charge in [-0.1, -0.05) is 31.2 Å². The van der Waals surface area contributed by atoms with Gasteiger partial charge in [0.15, 0.2) is 0 Å². The number of benzene rings is 1. The van der Waals surface area contributed by atoms with Gasteiger partial charge in [0.1, 0.15) is 0 Å². The summed E-state index contributed by atoms with van der Waals surface area (Å²) >= 11 is 0. The van der Waals surface area contributed by atoms with E-state index in [1.807, 2.05) is 24.3 Å². The van der Waals surface area contributed by atoms with Gasteiger partial charge in [0.25, 0.3) is 0 Å². The summed E-state index contributed by atoms with van der Waals surface area (Å²) in [6.45, 7) is 2.48. The Bertz CT molecular complexity index is 639. The second-order valence-corrected chi connectivity index (χ2v) is 5.03. The summed E-state index contributed by atoms with van der Waals surface area (Å²) < 4.78 is 0. The molecule has 0 fully saturated rings. The van der Waals surface area contributed by atoms with E-state index < -0.39 is 11.8 Å².